The molecule has 2 aromatic carbocycles. The number of nitrogens with zero attached hydrogens (tertiary/aromatic N) is 3. The van der Waals surface area contributed by atoms with Gasteiger partial charge in [0.25, 0.3) is 5.91 Å². The van der Waals surface area contributed by atoms with E-state index in [0.29, 0.717) is 17.7 Å². The van der Waals surface area contributed by atoms with E-state index >= 15 is 0 Å². The molecule has 1 aromatic heterocycles. The van der Waals surface area contributed by atoms with Crippen LogP contribution in [-0.4, -0.2) is 42.6 Å². The summed E-state index contributed by atoms with van der Waals surface area (Å²) in [7, 11) is 2.79. The maximum absolute atomic E-state index is 15.0. The van der Waals surface area contributed by atoms with Crippen molar-refractivity contribution in [2.24, 2.45) is 0 Å². The topological polar surface area (TPSA) is 101 Å². The maximum Gasteiger partial charge on any atom is 0.254 e. The Bertz CT molecular complexity index is 1300. The van der Waals surface area contributed by atoms with Crippen molar-refractivity contribution in [2.75, 3.05) is 30.9 Å². The zero-order chi connectivity index (χ0) is 26.5. The van der Waals surface area contributed by atoms with Crippen molar-refractivity contribution < 1.29 is 18.7 Å². The zero-order valence-corrected chi connectivity index (χ0v) is 21.7. The number of hydrogen-bond acceptors (Lipinski definition) is 8. The molecule has 1 amide bonds. The number of anilines is 3. The molecule has 4 rings (SSSR count). The van der Waals surface area contributed by atoms with E-state index in [0.717, 1.165) is 23.6 Å². The van der Waals surface area contributed by atoms with E-state index in [1.54, 1.807) is 0 Å². The summed E-state index contributed by atoms with van der Waals surface area (Å²) in [5.41, 5.74) is 2.84. The SMILES string of the molecule is CNC(=O)c1cc(OC)c(Cl)c(COc2cnc(Nc3ccc(N4C=C(C)N[C@@H](C)C4)cc3)nc2)c1F. The molecular formula is C26H28ClFN6O3. The van der Waals surface area contributed by atoms with Crippen LogP contribution in [0.1, 0.15) is 29.8 Å². The molecule has 11 heteroatoms. The molecule has 37 heavy (non-hydrogen) atoms. The highest BCUT2D eigenvalue weighted by Gasteiger charge is 2.22. The molecule has 0 bridgehead atoms. The summed E-state index contributed by atoms with van der Waals surface area (Å²) in [4.78, 5) is 22.8. The standard InChI is InChI=1S/C26H28ClFN6O3/c1-15-12-34(13-16(2)32-15)18-7-5-17(6-8-18)33-26-30-10-19(11-31-26)37-14-21-23(27)22(36-4)9-20(24(21)28)25(35)29-3/h5-12,16,32H,13-14H2,1-4H3,(H,29,35)(H,30,31,33)/t16-/m0/s1. The van der Waals surface area contributed by atoms with Crippen LogP contribution in [-0.2, 0) is 6.61 Å². The number of allylic oxidation sites excluding steroid dienone is 1. The predicted octanol–water partition coefficient (Wildman–Crippen LogP) is 4.62. The molecule has 9 nitrogen and oxygen atoms in total. The summed E-state index contributed by atoms with van der Waals surface area (Å²) < 4.78 is 25.8. The molecular weight excluding hydrogens is 499 g/mol. The predicted molar refractivity (Wildman–Crippen MR) is 141 cm³/mol. The van der Waals surface area contributed by atoms with Gasteiger partial charge in [0.1, 0.15) is 18.2 Å². The van der Waals surface area contributed by atoms with E-state index in [1.807, 2.05) is 31.2 Å². The molecule has 0 radical (unpaired) electrons. The molecule has 0 saturated carbocycles. The van der Waals surface area contributed by atoms with Crippen molar-refractivity contribution in [1.82, 2.24) is 20.6 Å². The number of nitrogens with one attached hydrogen (secondary N) is 3. The van der Waals surface area contributed by atoms with E-state index in [-0.39, 0.29) is 28.5 Å². The van der Waals surface area contributed by atoms with Crippen LogP contribution < -0.4 is 30.3 Å². The molecule has 0 aliphatic carbocycles. The van der Waals surface area contributed by atoms with Crippen LogP contribution in [0.2, 0.25) is 5.02 Å². The van der Waals surface area contributed by atoms with Gasteiger partial charge in [-0.25, -0.2) is 14.4 Å². The second-order valence-electron chi connectivity index (χ2n) is 8.52. The fourth-order valence-electron chi connectivity index (χ4n) is 3.95. The quantitative estimate of drug-likeness (QED) is 0.391. The van der Waals surface area contributed by atoms with E-state index in [9.17, 15) is 9.18 Å². The van der Waals surface area contributed by atoms with Gasteiger partial charge < -0.3 is 30.3 Å². The number of rotatable bonds is 8. The van der Waals surface area contributed by atoms with Crippen molar-refractivity contribution in [3.63, 3.8) is 0 Å². The van der Waals surface area contributed by atoms with Crippen LogP contribution >= 0.6 is 11.6 Å². The zero-order valence-electron chi connectivity index (χ0n) is 20.9. The first-order chi connectivity index (χ1) is 17.8. The molecule has 0 spiro atoms. The van der Waals surface area contributed by atoms with Crippen molar-refractivity contribution in [3.8, 4) is 11.5 Å². The van der Waals surface area contributed by atoms with Crippen molar-refractivity contribution >= 4 is 34.8 Å². The van der Waals surface area contributed by atoms with Crippen LogP contribution in [0.5, 0.6) is 11.5 Å². The van der Waals surface area contributed by atoms with Gasteiger partial charge in [0.2, 0.25) is 5.95 Å². The highest BCUT2D eigenvalue weighted by Crippen LogP contribution is 2.33. The Kier molecular flexibility index (Phi) is 7.98. The lowest BCUT2D eigenvalue weighted by molar-refractivity contribution is 0.0958. The Morgan fingerprint density at radius 2 is 1.97 bits per heavy atom. The Labute approximate surface area is 219 Å². The fourth-order valence-corrected chi connectivity index (χ4v) is 4.22. The van der Waals surface area contributed by atoms with Gasteiger partial charge in [-0.2, -0.15) is 0 Å². The monoisotopic (exact) mass is 526 g/mol. The largest absolute Gasteiger partial charge is 0.495 e. The number of hydrogen-bond donors (Lipinski definition) is 3. The molecule has 2 heterocycles. The summed E-state index contributed by atoms with van der Waals surface area (Å²) in [5.74, 6) is -0.544. The second-order valence-corrected chi connectivity index (χ2v) is 8.90. The van der Waals surface area contributed by atoms with Gasteiger partial charge in [0, 0.05) is 48.5 Å². The molecule has 1 aliphatic rings. The fraction of sp³-hybridized carbons (Fsp3) is 0.269. The number of aromatic nitrogens is 2. The Morgan fingerprint density at radius 1 is 1.27 bits per heavy atom. The smallest absolute Gasteiger partial charge is 0.254 e. The highest BCUT2D eigenvalue weighted by molar-refractivity contribution is 6.33. The lowest BCUT2D eigenvalue weighted by Crippen LogP contribution is -2.41. The Hall–Kier alpha value is -4.05. The highest BCUT2D eigenvalue weighted by atomic mass is 35.5. The Balaban J connectivity index is 1.41. The molecule has 0 unspecified atom stereocenters. The summed E-state index contributed by atoms with van der Waals surface area (Å²) in [6, 6.07) is 9.58. The van der Waals surface area contributed by atoms with Gasteiger partial charge in [-0.15, -0.1) is 0 Å². The van der Waals surface area contributed by atoms with Gasteiger partial charge in [0.15, 0.2) is 5.75 Å². The van der Waals surface area contributed by atoms with E-state index in [1.165, 1.54) is 32.6 Å². The van der Waals surface area contributed by atoms with Crippen LogP contribution in [0.15, 0.2) is 54.6 Å². The van der Waals surface area contributed by atoms with Gasteiger partial charge in [-0.3, -0.25) is 4.79 Å². The molecule has 1 atom stereocenters. The normalized spacial score (nSPS) is 14.9. The minimum absolute atomic E-state index is 0.00849. The third kappa shape index (κ3) is 6.03. The average molecular weight is 527 g/mol. The lowest BCUT2D eigenvalue weighted by atomic mass is 10.1. The third-order valence-electron chi connectivity index (χ3n) is 5.71. The summed E-state index contributed by atoms with van der Waals surface area (Å²) in [6.07, 6.45) is 5.02. The summed E-state index contributed by atoms with van der Waals surface area (Å²) >= 11 is 6.26. The Morgan fingerprint density at radius 3 is 2.59 bits per heavy atom. The first kappa shape index (κ1) is 26.0. The van der Waals surface area contributed by atoms with Crippen LogP contribution in [0.3, 0.4) is 0 Å². The van der Waals surface area contributed by atoms with Crippen molar-refractivity contribution in [3.05, 3.63) is 76.6 Å². The van der Waals surface area contributed by atoms with Crippen LogP contribution in [0, 0.1) is 5.82 Å². The van der Waals surface area contributed by atoms with Gasteiger partial charge in [-0.05, 0) is 44.2 Å². The molecule has 0 fully saturated rings. The van der Waals surface area contributed by atoms with E-state index < -0.39 is 11.7 Å². The number of halogens is 2. The molecule has 0 saturated heterocycles. The number of amides is 1. The maximum atomic E-state index is 15.0. The van der Waals surface area contributed by atoms with Gasteiger partial charge >= 0.3 is 0 Å². The number of benzene rings is 2. The summed E-state index contributed by atoms with van der Waals surface area (Å²) in [5, 5.41) is 8.96. The first-order valence-electron chi connectivity index (χ1n) is 11.6. The van der Waals surface area contributed by atoms with Crippen LogP contribution in [0.4, 0.5) is 21.7 Å². The summed E-state index contributed by atoms with van der Waals surface area (Å²) in [6.45, 7) is 4.83. The van der Waals surface area contributed by atoms with E-state index in [2.05, 4.69) is 43.9 Å². The van der Waals surface area contributed by atoms with Gasteiger partial charge in [-0.1, -0.05) is 11.6 Å². The molecule has 1 aliphatic heterocycles. The van der Waals surface area contributed by atoms with E-state index in [4.69, 9.17) is 21.1 Å². The minimum Gasteiger partial charge on any atom is -0.495 e. The third-order valence-corrected chi connectivity index (χ3v) is 6.12. The molecule has 194 valence electrons. The lowest BCUT2D eigenvalue weighted by Gasteiger charge is -2.31. The minimum atomic E-state index is -0.784. The number of methoxy groups -OCH3 is 1. The van der Waals surface area contributed by atoms with Crippen molar-refractivity contribution in [1.29, 1.82) is 0 Å². The first-order valence-corrected chi connectivity index (χ1v) is 12.0. The van der Waals surface area contributed by atoms with Crippen LogP contribution in [0.25, 0.3) is 0 Å². The number of carbonyl (C=O) groups is 1. The van der Waals surface area contributed by atoms with Gasteiger partial charge in [0.05, 0.1) is 30.1 Å². The van der Waals surface area contributed by atoms with Crippen molar-refractivity contribution in [2.45, 2.75) is 26.5 Å². The average Bonchev–Trinajstić information content (AvgIpc) is 2.89. The molecule has 3 aromatic rings. The number of ether oxygens (including phenoxy) is 2. The molecule has 3 N–H and O–H groups in total. The number of carbonyl (C=O) groups excluding carboxylic acids is 1. The second kappa shape index (κ2) is 11.3.